The lowest BCUT2D eigenvalue weighted by molar-refractivity contribution is 0.262. The van der Waals surface area contributed by atoms with Crippen LogP contribution in [0.15, 0.2) is 60.7 Å². The second-order valence-corrected chi connectivity index (χ2v) is 7.04. The SMILES string of the molecule is CCn1c2ccccc2c2cc(NC(=O)Nc3ccc(Cl)cc3Cl)ccc21. The topological polar surface area (TPSA) is 46.1 Å². The molecule has 136 valence electrons. The van der Waals surface area contributed by atoms with Gasteiger partial charge in [-0.2, -0.15) is 0 Å². The van der Waals surface area contributed by atoms with Gasteiger partial charge >= 0.3 is 6.03 Å². The molecule has 0 saturated heterocycles. The third kappa shape index (κ3) is 3.34. The van der Waals surface area contributed by atoms with Crippen LogP contribution in [0, 0.1) is 0 Å². The van der Waals surface area contributed by atoms with Crippen LogP contribution in [0.4, 0.5) is 16.2 Å². The van der Waals surface area contributed by atoms with Gasteiger partial charge in [-0.15, -0.1) is 0 Å². The summed E-state index contributed by atoms with van der Waals surface area (Å²) in [5.74, 6) is 0. The summed E-state index contributed by atoms with van der Waals surface area (Å²) < 4.78 is 2.27. The first-order valence-corrected chi connectivity index (χ1v) is 9.36. The molecule has 0 radical (unpaired) electrons. The van der Waals surface area contributed by atoms with Gasteiger partial charge in [0.15, 0.2) is 0 Å². The first-order chi connectivity index (χ1) is 13.1. The highest BCUT2D eigenvalue weighted by Gasteiger charge is 2.11. The van der Waals surface area contributed by atoms with E-state index in [0.717, 1.165) is 17.4 Å². The van der Waals surface area contributed by atoms with Gasteiger partial charge in [-0.05, 0) is 49.4 Å². The van der Waals surface area contributed by atoms with Crippen molar-refractivity contribution in [2.24, 2.45) is 0 Å². The zero-order chi connectivity index (χ0) is 19.0. The van der Waals surface area contributed by atoms with E-state index in [1.165, 1.54) is 10.9 Å². The molecule has 0 spiro atoms. The number of aromatic nitrogens is 1. The quantitative estimate of drug-likeness (QED) is 0.393. The zero-order valence-corrected chi connectivity index (χ0v) is 16.1. The van der Waals surface area contributed by atoms with Gasteiger partial charge in [-0.25, -0.2) is 4.79 Å². The summed E-state index contributed by atoms with van der Waals surface area (Å²) in [6.45, 7) is 3.01. The lowest BCUT2D eigenvalue weighted by Gasteiger charge is -2.10. The minimum atomic E-state index is -0.363. The lowest BCUT2D eigenvalue weighted by atomic mass is 10.1. The van der Waals surface area contributed by atoms with Gasteiger partial charge in [0, 0.05) is 39.1 Å². The Hall–Kier alpha value is -2.69. The van der Waals surface area contributed by atoms with E-state index in [2.05, 4.69) is 34.3 Å². The number of anilines is 2. The molecule has 0 atom stereocenters. The van der Waals surface area contributed by atoms with Gasteiger partial charge in [0.25, 0.3) is 0 Å². The van der Waals surface area contributed by atoms with Gasteiger partial charge in [0.1, 0.15) is 0 Å². The summed E-state index contributed by atoms with van der Waals surface area (Å²) in [5.41, 5.74) is 3.54. The number of nitrogens with zero attached hydrogens (tertiary/aromatic N) is 1. The minimum Gasteiger partial charge on any atom is -0.341 e. The number of nitrogens with one attached hydrogen (secondary N) is 2. The molecule has 0 aliphatic carbocycles. The predicted molar refractivity (Wildman–Crippen MR) is 114 cm³/mol. The Bertz CT molecular complexity index is 1170. The molecular weight excluding hydrogens is 381 g/mol. The number of rotatable bonds is 3. The summed E-state index contributed by atoms with van der Waals surface area (Å²) in [5, 5.41) is 8.78. The van der Waals surface area contributed by atoms with Gasteiger partial charge in [-0.1, -0.05) is 41.4 Å². The number of carbonyl (C=O) groups is 1. The fourth-order valence-electron chi connectivity index (χ4n) is 3.35. The van der Waals surface area contributed by atoms with Crippen LogP contribution in [0.2, 0.25) is 10.0 Å². The van der Waals surface area contributed by atoms with Crippen molar-refractivity contribution in [3.05, 3.63) is 70.7 Å². The molecule has 0 aliphatic rings. The molecule has 27 heavy (non-hydrogen) atoms. The second kappa shape index (κ2) is 7.14. The Morgan fingerprint density at radius 3 is 2.48 bits per heavy atom. The largest absolute Gasteiger partial charge is 0.341 e. The first kappa shape index (κ1) is 17.7. The molecule has 0 fully saturated rings. The molecule has 0 aliphatic heterocycles. The normalized spacial score (nSPS) is 11.1. The number of urea groups is 1. The van der Waals surface area contributed by atoms with E-state index in [0.29, 0.717) is 21.4 Å². The Kier molecular flexibility index (Phi) is 4.68. The summed E-state index contributed by atoms with van der Waals surface area (Å²) in [6, 6.07) is 18.8. The van der Waals surface area contributed by atoms with Crippen LogP contribution in [0.5, 0.6) is 0 Å². The van der Waals surface area contributed by atoms with Crippen molar-refractivity contribution in [2.45, 2.75) is 13.5 Å². The molecule has 4 rings (SSSR count). The molecule has 2 N–H and O–H groups in total. The van der Waals surface area contributed by atoms with Gasteiger partial charge < -0.3 is 15.2 Å². The number of carbonyl (C=O) groups excluding carboxylic acids is 1. The summed E-state index contributed by atoms with van der Waals surface area (Å²) in [4.78, 5) is 12.4. The van der Waals surface area contributed by atoms with Crippen molar-refractivity contribution in [2.75, 3.05) is 10.6 Å². The highest BCUT2D eigenvalue weighted by molar-refractivity contribution is 6.36. The summed E-state index contributed by atoms with van der Waals surface area (Å²) >= 11 is 12.0. The van der Waals surface area contributed by atoms with Crippen LogP contribution < -0.4 is 10.6 Å². The van der Waals surface area contributed by atoms with Crippen molar-refractivity contribution < 1.29 is 4.79 Å². The van der Waals surface area contributed by atoms with Crippen LogP contribution in [0.3, 0.4) is 0 Å². The van der Waals surface area contributed by atoms with E-state index in [-0.39, 0.29) is 6.03 Å². The van der Waals surface area contributed by atoms with E-state index in [9.17, 15) is 4.79 Å². The number of hydrogen-bond acceptors (Lipinski definition) is 1. The Morgan fingerprint density at radius 2 is 1.70 bits per heavy atom. The lowest BCUT2D eigenvalue weighted by Crippen LogP contribution is -2.19. The Morgan fingerprint density at radius 1 is 0.926 bits per heavy atom. The van der Waals surface area contributed by atoms with E-state index in [1.54, 1.807) is 18.2 Å². The number of hydrogen-bond donors (Lipinski definition) is 2. The predicted octanol–water partition coefficient (Wildman–Crippen LogP) is 6.77. The second-order valence-electron chi connectivity index (χ2n) is 6.20. The van der Waals surface area contributed by atoms with E-state index < -0.39 is 0 Å². The number of halogens is 2. The number of aryl methyl sites for hydroxylation is 1. The van der Waals surface area contributed by atoms with Crippen LogP contribution in [-0.2, 0) is 6.54 Å². The third-order valence-electron chi connectivity index (χ3n) is 4.53. The van der Waals surface area contributed by atoms with Crippen LogP contribution in [-0.4, -0.2) is 10.6 Å². The standard InChI is InChI=1S/C21H17Cl2N3O/c1-2-26-19-6-4-3-5-15(19)16-12-14(8-10-20(16)26)24-21(27)25-18-9-7-13(22)11-17(18)23/h3-12H,2H2,1H3,(H2,24,25,27). The smallest absolute Gasteiger partial charge is 0.323 e. The molecule has 0 bridgehead atoms. The number of amides is 2. The highest BCUT2D eigenvalue weighted by atomic mass is 35.5. The van der Waals surface area contributed by atoms with Crippen molar-refractivity contribution >= 4 is 62.4 Å². The van der Waals surface area contributed by atoms with E-state index >= 15 is 0 Å². The maximum atomic E-state index is 12.4. The molecule has 4 aromatic rings. The maximum Gasteiger partial charge on any atom is 0.323 e. The average Bonchev–Trinajstić information content (AvgIpc) is 2.97. The monoisotopic (exact) mass is 397 g/mol. The van der Waals surface area contributed by atoms with Crippen molar-refractivity contribution in [1.29, 1.82) is 0 Å². The molecule has 0 unspecified atom stereocenters. The molecule has 1 heterocycles. The van der Waals surface area contributed by atoms with Gasteiger partial charge in [-0.3, -0.25) is 0 Å². The zero-order valence-electron chi connectivity index (χ0n) is 14.6. The van der Waals surface area contributed by atoms with E-state index in [4.69, 9.17) is 23.2 Å². The fourth-order valence-corrected chi connectivity index (χ4v) is 3.80. The molecule has 0 saturated carbocycles. The molecule has 1 aromatic heterocycles. The van der Waals surface area contributed by atoms with Crippen LogP contribution in [0.25, 0.3) is 21.8 Å². The van der Waals surface area contributed by atoms with Crippen molar-refractivity contribution in [3.63, 3.8) is 0 Å². The number of benzene rings is 3. The van der Waals surface area contributed by atoms with Crippen LogP contribution in [0.1, 0.15) is 6.92 Å². The molecular formula is C21H17Cl2N3O. The average molecular weight is 398 g/mol. The summed E-state index contributed by atoms with van der Waals surface area (Å²) in [7, 11) is 0. The van der Waals surface area contributed by atoms with Gasteiger partial charge in [0.05, 0.1) is 10.7 Å². The molecule has 4 nitrogen and oxygen atoms in total. The molecule has 3 aromatic carbocycles. The minimum absolute atomic E-state index is 0.363. The van der Waals surface area contributed by atoms with Crippen molar-refractivity contribution in [1.82, 2.24) is 4.57 Å². The first-order valence-electron chi connectivity index (χ1n) is 8.61. The number of fused-ring (bicyclic) bond motifs is 3. The van der Waals surface area contributed by atoms with Crippen LogP contribution >= 0.6 is 23.2 Å². The van der Waals surface area contributed by atoms with Gasteiger partial charge in [0.2, 0.25) is 0 Å². The third-order valence-corrected chi connectivity index (χ3v) is 5.07. The van der Waals surface area contributed by atoms with E-state index in [1.807, 2.05) is 30.3 Å². The summed E-state index contributed by atoms with van der Waals surface area (Å²) in [6.07, 6.45) is 0. The molecule has 6 heteroatoms. The Balaban J connectivity index is 1.64. The molecule has 2 amide bonds. The van der Waals surface area contributed by atoms with Crippen molar-refractivity contribution in [3.8, 4) is 0 Å². The maximum absolute atomic E-state index is 12.4. The Labute approximate surface area is 166 Å². The number of para-hydroxylation sites is 1. The fraction of sp³-hybridized carbons (Fsp3) is 0.0952. The highest BCUT2D eigenvalue weighted by Crippen LogP contribution is 2.31.